The summed E-state index contributed by atoms with van der Waals surface area (Å²) in [5, 5.41) is 8.80. The van der Waals surface area contributed by atoms with E-state index in [0.717, 1.165) is 0 Å². The maximum atomic E-state index is 10.9. The van der Waals surface area contributed by atoms with E-state index in [-0.39, 0.29) is 45.6 Å². The summed E-state index contributed by atoms with van der Waals surface area (Å²) >= 11 is 0. The molecule has 84 valence electrons. The number of benzene rings is 1. The van der Waals surface area contributed by atoms with E-state index in [0.29, 0.717) is 5.56 Å². The fourth-order valence-corrected chi connectivity index (χ4v) is 2.15. The van der Waals surface area contributed by atoms with Crippen LogP contribution in [0.3, 0.4) is 0 Å². The first-order valence-electron chi connectivity index (χ1n) is 4.05. The van der Waals surface area contributed by atoms with Crippen molar-refractivity contribution in [2.24, 2.45) is 0 Å². The molecule has 0 unspecified atom stereocenters. The molecule has 0 aromatic heterocycles. The van der Waals surface area contributed by atoms with Crippen LogP contribution in [0.25, 0.3) is 0 Å². The van der Waals surface area contributed by atoms with Crippen molar-refractivity contribution < 1.29 is 22.9 Å². The van der Waals surface area contributed by atoms with Gasteiger partial charge in [0.1, 0.15) is 0 Å². The Morgan fingerprint density at radius 1 is 1.25 bits per heavy atom. The predicted octanol–water partition coefficient (Wildman–Crippen LogP) is 0.600. The third-order valence-electron chi connectivity index (χ3n) is 2.01. The van der Waals surface area contributed by atoms with Crippen molar-refractivity contribution >= 4 is 45.6 Å². The molecule has 0 fully saturated rings. The number of carboxylic acid groups (broad SMARTS) is 1. The molecule has 1 aromatic carbocycles. The average molecular weight is 254 g/mol. The van der Waals surface area contributed by atoms with Gasteiger partial charge in [-0.2, -0.15) is 8.42 Å². The molecule has 0 radical (unpaired) electrons. The van der Waals surface area contributed by atoms with Gasteiger partial charge in [-0.05, 0) is 37.1 Å². The van der Waals surface area contributed by atoms with E-state index < -0.39 is 16.1 Å². The van der Waals surface area contributed by atoms with Crippen LogP contribution in [0.1, 0.15) is 21.5 Å². The van der Waals surface area contributed by atoms with E-state index in [2.05, 4.69) is 0 Å². The zero-order valence-corrected chi connectivity index (χ0v) is 9.00. The van der Waals surface area contributed by atoms with Crippen molar-refractivity contribution in [1.82, 2.24) is 0 Å². The Kier molecular flexibility index (Phi) is 5.15. The van der Waals surface area contributed by atoms with Gasteiger partial charge in [0.2, 0.25) is 0 Å². The Bertz CT molecular complexity index is 521. The van der Waals surface area contributed by atoms with Crippen molar-refractivity contribution in [2.45, 2.75) is 18.7 Å². The molecule has 0 saturated heterocycles. The summed E-state index contributed by atoms with van der Waals surface area (Å²) < 4.78 is 30.8. The molecule has 0 saturated carbocycles. The average Bonchev–Trinajstić information content (AvgIpc) is 2.06. The van der Waals surface area contributed by atoms with Crippen LogP contribution in [0.2, 0.25) is 0 Å². The number of rotatable bonds is 2. The summed E-state index contributed by atoms with van der Waals surface area (Å²) in [4.78, 5) is 10.4. The first kappa shape index (κ1) is 15.6. The van der Waals surface area contributed by atoms with Crippen LogP contribution in [0.15, 0.2) is 17.0 Å². The number of hydrogen-bond donors (Lipinski definition) is 2. The standard InChI is InChI=1S/C9H10O5S.Na.H/c1-5-3-7(9(10)11)6(2)8(4-5)15(12,13)14;;/h3-4H,1-2H3,(H,10,11)(H,12,13,14);;. The van der Waals surface area contributed by atoms with Gasteiger partial charge in [-0.3, -0.25) is 4.55 Å². The van der Waals surface area contributed by atoms with Gasteiger partial charge in [-0.15, -0.1) is 0 Å². The second kappa shape index (κ2) is 5.29. The Hall–Kier alpha value is -0.400. The van der Waals surface area contributed by atoms with Crippen LogP contribution in [0.5, 0.6) is 0 Å². The summed E-state index contributed by atoms with van der Waals surface area (Å²) in [5.74, 6) is -1.22. The molecule has 0 heterocycles. The monoisotopic (exact) mass is 254 g/mol. The molecule has 0 spiro atoms. The summed E-state index contributed by atoms with van der Waals surface area (Å²) in [7, 11) is -4.38. The van der Waals surface area contributed by atoms with Crippen molar-refractivity contribution in [3.05, 3.63) is 28.8 Å². The number of aromatic carboxylic acids is 1. The molecule has 0 amide bonds. The van der Waals surface area contributed by atoms with Gasteiger partial charge in [-0.25, -0.2) is 4.79 Å². The zero-order chi connectivity index (χ0) is 11.8. The Balaban J connectivity index is 0.00000225. The Morgan fingerprint density at radius 3 is 2.12 bits per heavy atom. The molecule has 1 rings (SSSR count). The quantitative estimate of drug-likeness (QED) is 0.595. The van der Waals surface area contributed by atoms with Gasteiger partial charge in [0.25, 0.3) is 10.1 Å². The minimum atomic E-state index is -4.38. The first-order valence-corrected chi connectivity index (χ1v) is 5.49. The Labute approximate surface area is 116 Å². The van der Waals surface area contributed by atoms with Crippen molar-refractivity contribution in [3.8, 4) is 0 Å². The summed E-state index contributed by atoms with van der Waals surface area (Å²) in [6.07, 6.45) is 0. The molecule has 16 heavy (non-hydrogen) atoms. The SMILES string of the molecule is Cc1cc(C(=O)O)c(C)c(S(=O)(=O)O)c1.[NaH]. The first-order chi connectivity index (χ1) is 6.73. The summed E-state index contributed by atoms with van der Waals surface area (Å²) in [6, 6.07) is 2.59. The Morgan fingerprint density at radius 2 is 1.75 bits per heavy atom. The van der Waals surface area contributed by atoms with Gasteiger partial charge >= 0.3 is 35.5 Å². The number of carbonyl (C=O) groups is 1. The molecule has 5 nitrogen and oxygen atoms in total. The van der Waals surface area contributed by atoms with Gasteiger partial charge in [0.15, 0.2) is 0 Å². The summed E-state index contributed by atoms with van der Waals surface area (Å²) in [6.45, 7) is 2.90. The molecule has 0 atom stereocenters. The fraction of sp³-hybridized carbons (Fsp3) is 0.222. The minimum absolute atomic E-state index is 0. The zero-order valence-electron chi connectivity index (χ0n) is 8.18. The molecular formula is C9H11NaO5S. The fourth-order valence-electron chi connectivity index (χ4n) is 1.32. The van der Waals surface area contributed by atoms with E-state index >= 15 is 0 Å². The summed E-state index contributed by atoms with van der Waals surface area (Å²) in [5.41, 5.74) is 0.379. The maximum absolute atomic E-state index is 10.9. The number of aryl methyl sites for hydroxylation is 1. The molecular weight excluding hydrogens is 243 g/mol. The van der Waals surface area contributed by atoms with E-state index in [1.54, 1.807) is 6.92 Å². The molecule has 0 bridgehead atoms. The van der Waals surface area contributed by atoms with Crippen LogP contribution in [0, 0.1) is 13.8 Å². The van der Waals surface area contributed by atoms with Crippen LogP contribution >= 0.6 is 0 Å². The topological polar surface area (TPSA) is 91.7 Å². The normalized spacial score (nSPS) is 10.7. The molecule has 1 aromatic rings. The van der Waals surface area contributed by atoms with Gasteiger partial charge in [0, 0.05) is 0 Å². The van der Waals surface area contributed by atoms with Crippen LogP contribution < -0.4 is 0 Å². The number of carboxylic acids is 1. The third-order valence-corrected chi connectivity index (χ3v) is 2.99. The second-order valence-electron chi connectivity index (χ2n) is 3.22. The van der Waals surface area contributed by atoms with Crippen molar-refractivity contribution in [2.75, 3.05) is 0 Å². The van der Waals surface area contributed by atoms with Gasteiger partial charge in [0.05, 0.1) is 10.5 Å². The van der Waals surface area contributed by atoms with Crippen molar-refractivity contribution in [1.29, 1.82) is 0 Å². The van der Waals surface area contributed by atoms with Crippen molar-refractivity contribution in [3.63, 3.8) is 0 Å². The number of hydrogen-bond acceptors (Lipinski definition) is 3. The van der Waals surface area contributed by atoms with E-state index in [4.69, 9.17) is 9.66 Å². The van der Waals surface area contributed by atoms with Crippen LogP contribution in [-0.4, -0.2) is 53.6 Å². The van der Waals surface area contributed by atoms with Gasteiger partial charge in [-0.1, -0.05) is 0 Å². The van der Waals surface area contributed by atoms with E-state index in [1.807, 2.05) is 0 Å². The van der Waals surface area contributed by atoms with Crippen LogP contribution in [0.4, 0.5) is 0 Å². The molecule has 7 heteroatoms. The van der Waals surface area contributed by atoms with Gasteiger partial charge < -0.3 is 5.11 Å². The van der Waals surface area contributed by atoms with E-state index in [1.165, 1.54) is 19.1 Å². The molecule has 0 aliphatic heterocycles. The van der Waals surface area contributed by atoms with E-state index in [9.17, 15) is 13.2 Å². The van der Waals surface area contributed by atoms with Crippen LogP contribution in [-0.2, 0) is 10.1 Å². The molecule has 0 aliphatic carbocycles. The molecule has 0 aliphatic rings. The second-order valence-corrected chi connectivity index (χ2v) is 4.61. The third kappa shape index (κ3) is 3.29. The predicted molar refractivity (Wildman–Crippen MR) is 59.8 cm³/mol. The molecule has 2 N–H and O–H groups in total.